The SMILES string of the molecule is O=C(O)[C@@H]1Cc2nc(Cc3ccc(Br)cc3F)n(Cc3ccccc3)c2CN1C(=O)O. The Morgan fingerprint density at radius 3 is 2.55 bits per heavy atom. The highest BCUT2D eigenvalue weighted by Crippen LogP contribution is 2.28. The molecule has 0 saturated carbocycles. The van der Waals surface area contributed by atoms with Gasteiger partial charge < -0.3 is 14.8 Å². The molecule has 0 fully saturated rings. The summed E-state index contributed by atoms with van der Waals surface area (Å²) in [6.07, 6.45) is -1.13. The van der Waals surface area contributed by atoms with Gasteiger partial charge in [-0.05, 0) is 23.3 Å². The maximum Gasteiger partial charge on any atom is 0.408 e. The zero-order valence-electron chi connectivity index (χ0n) is 16.3. The highest BCUT2D eigenvalue weighted by Gasteiger charge is 2.38. The summed E-state index contributed by atoms with van der Waals surface area (Å²) >= 11 is 3.25. The number of hydrogen-bond acceptors (Lipinski definition) is 3. The van der Waals surface area contributed by atoms with Crippen LogP contribution in [0.5, 0.6) is 0 Å². The number of carboxylic acids is 1. The molecule has 4 rings (SSSR count). The third-order valence-electron chi connectivity index (χ3n) is 5.40. The predicted molar refractivity (Wildman–Crippen MR) is 113 cm³/mol. The van der Waals surface area contributed by atoms with Crippen molar-refractivity contribution in [1.82, 2.24) is 14.5 Å². The Labute approximate surface area is 185 Å². The second-order valence-electron chi connectivity index (χ2n) is 7.37. The zero-order valence-corrected chi connectivity index (χ0v) is 17.9. The van der Waals surface area contributed by atoms with Crippen molar-refractivity contribution in [3.63, 3.8) is 0 Å². The number of carbonyl (C=O) groups is 2. The van der Waals surface area contributed by atoms with Crippen LogP contribution in [0, 0.1) is 5.82 Å². The van der Waals surface area contributed by atoms with Gasteiger partial charge in [0.05, 0.1) is 17.9 Å². The molecule has 9 heteroatoms. The second-order valence-corrected chi connectivity index (χ2v) is 8.29. The minimum absolute atomic E-state index is 0.0332. The van der Waals surface area contributed by atoms with Crippen molar-refractivity contribution in [3.8, 4) is 0 Å². The molecule has 1 amide bonds. The van der Waals surface area contributed by atoms with E-state index in [-0.39, 0.29) is 25.2 Å². The summed E-state index contributed by atoms with van der Waals surface area (Å²) in [7, 11) is 0. The number of benzene rings is 2. The number of aliphatic carboxylic acids is 1. The van der Waals surface area contributed by atoms with Crippen LogP contribution in [0.25, 0.3) is 0 Å². The van der Waals surface area contributed by atoms with E-state index in [1.54, 1.807) is 12.1 Å². The Balaban J connectivity index is 1.78. The number of aromatic nitrogens is 2. The van der Waals surface area contributed by atoms with Crippen molar-refractivity contribution < 1.29 is 24.2 Å². The van der Waals surface area contributed by atoms with Crippen LogP contribution in [-0.4, -0.2) is 42.8 Å². The van der Waals surface area contributed by atoms with Crippen LogP contribution in [-0.2, 0) is 30.7 Å². The zero-order chi connectivity index (χ0) is 22.1. The first-order valence-electron chi connectivity index (χ1n) is 9.61. The Hall–Kier alpha value is -3.20. The molecular formula is C22H19BrFN3O4. The molecule has 7 nitrogen and oxygen atoms in total. The molecule has 0 unspecified atom stereocenters. The third kappa shape index (κ3) is 4.32. The predicted octanol–water partition coefficient (Wildman–Crippen LogP) is 3.91. The van der Waals surface area contributed by atoms with E-state index in [1.165, 1.54) is 6.07 Å². The van der Waals surface area contributed by atoms with Gasteiger partial charge in [0.1, 0.15) is 17.7 Å². The van der Waals surface area contributed by atoms with Gasteiger partial charge >= 0.3 is 12.1 Å². The molecule has 1 aliphatic heterocycles. The van der Waals surface area contributed by atoms with Crippen molar-refractivity contribution in [1.29, 1.82) is 0 Å². The van der Waals surface area contributed by atoms with E-state index in [0.29, 0.717) is 33.8 Å². The van der Waals surface area contributed by atoms with Gasteiger partial charge in [-0.3, -0.25) is 4.90 Å². The number of rotatable bonds is 5. The van der Waals surface area contributed by atoms with Gasteiger partial charge in [-0.2, -0.15) is 0 Å². The van der Waals surface area contributed by atoms with Crippen molar-refractivity contribution in [3.05, 3.63) is 87.2 Å². The quantitative estimate of drug-likeness (QED) is 0.568. The lowest BCUT2D eigenvalue weighted by molar-refractivity contribution is -0.143. The molecule has 0 bridgehead atoms. The molecule has 160 valence electrons. The van der Waals surface area contributed by atoms with E-state index in [1.807, 2.05) is 34.9 Å². The maximum atomic E-state index is 14.5. The van der Waals surface area contributed by atoms with Gasteiger partial charge in [-0.1, -0.05) is 52.3 Å². The molecule has 2 heterocycles. The summed E-state index contributed by atoms with van der Waals surface area (Å²) in [5, 5.41) is 19.0. The molecule has 0 radical (unpaired) electrons. The van der Waals surface area contributed by atoms with Crippen LogP contribution < -0.4 is 0 Å². The number of imidazole rings is 1. The number of carboxylic acid groups (broad SMARTS) is 2. The molecule has 1 aliphatic rings. The molecular weight excluding hydrogens is 469 g/mol. The number of nitrogens with zero attached hydrogens (tertiary/aromatic N) is 3. The third-order valence-corrected chi connectivity index (χ3v) is 5.89. The standard InChI is InChI=1S/C22H19BrFN3O4/c23-15-7-6-14(16(24)9-15)8-20-25-17-10-18(21(28)29)27(22(30)31)12-19(17)26(20)11-13-4-2-1-3-5-13/h1-7,9,18H,8,10-12H2,(H,28,29)(H,30,31)/t18-/m0/s1. The minimum atomic E-state index is -1.30. The minimum Gasteiger partial charge on any atom is -0.480 e. The summed E-state index contributed by atoms with van der Waals surface area (Å²) in [5.74, 6) is -1.03. The van der Waals surface area contributed by atoms with E-state index in [0.717, 1.165) is 10.5 Å². The Bertz CT molecular complexity index is 1150. The molecule has 0 saturated heterocycles. The molecule has 2 aromatic carbocycles. The number of amides is 1. The van der Waals surface area contributed by atoms with Gasteiger partial charge in [0, 0.05) is 23.9 Å². The van der Waals surface area contributed by atoms with Crippen LogP contribution in [0.4, 0.5) is 9.18 Å². The first kappa shape index (κ1) is 21.0. The fourth-order valence-corrected chi connectivity index (χ4v) is 4.17. The molecule has 2 N–H and O–H groups in total. The Morgan fingerprint density at radius 1 is 1.16 bits per heavy atom. The number of hydrogen-bond donors (Lipinski definition) is 2. The number of fused-ring (bicyclic) bond motifs is 1. The molecule has 1 atom stereocenters. The molecule has 0 spiro atoms. The molecule has 3 aromatic rings. The molecule has 1 aromatic heterocycles. The van der Waals surface area contributed by atoms with Crippen LogP contribution in [0.3, 0.4) is 0 Å². The average molecular weight is 488 g/mol. The lowest BCUT2D eigenvalue weighted by Crippen LogP contribution is -2.48. The van der Waals surface area contributed by atoms with E-state index in [9.17, 15) is 24.2 Å². The van der Waals surface area contributed by atoms with Crippen LogP contribution in [0.15, 0.2) is 53.0 Å². The van der Waals surface area contributed by atoms with Gasteiger partial charge in [-0.25, -0.2) is 19.0 Å². The largest absolute Gasteiger partial charge is 0.480 e. The van der Waals surface area contributed by atoms with Crippen molar-refractivity contribution in [2.45, 2.75) is 32.0 Å². The lowest BCUT2D eigenvalue weighted by Gasteiger charge is -2.30. The van der Waals surface area contributed by atoms with Gasteiger partial charge in [-0.15, -0.1) is 0 Å². The fourth-order valence-electron chi connectivity index (χ4n) is 3.84. The van der Waals surface area contributed by atoms with Crippen LogP contribution in [0.1, 0.15) is 28.3 Å². The van der Waals surface area contributed by atoms with Crippen molar-refractivity contribution in [2.75, 3.05) is 0 Å². The maximum absolute atomic E-state index is 14.5. The molecule has 0 aliphatic carbocycles. The van der Waals surface area contributed by atoms with Crippen LogP contribution >= 0.6 is 15.9 Å². The second kappa shape index (κ2) is 8.50. The van der Waals surface area contributed by atoms with Gasteiger partial charge in [0.2, 0.25) is 0 Å². The Morgan fingerprint density at radius 2 is 1.90 bits per heavy atom. The smallest absolute Gasteiger partial charge is 0.408 e. The summed E-state index contributed by atoms with van der Waals surface area (Å²) in [6.45, 7) is 0.326. The van der Waals surface area contributed by atoms with Crippen molar-refractivity contribution >= 4 is 28.0 Å². The summed E-state index contributed by atoms with van der Waals surface area (Å²) in [4.78, 5) is 28.9. The average Bonchev–Trinajstić information content (AvgIpc) is 3.06. The van der Waals surface area contributed by atoms with Gasteiger partial charge in [0.25, 0.3) is 0 Å². The summed E-state index contributed by atoms with van der Waals surface area (Å²) in [5.41, 5.74) is 2.59. The van der Waals surface area contributed by atoms with Gasteiger partial charge in [0.15, 0.2) is 0 Å². The normalized spacial score (nSPS) is 15.5. The van der Waals surface area contributed by atoms with E-state index < -0.39 is 18.1 Å². The van der Waals surface area contributed by atoms with E-state index >= 15 is 0 Å². The topological polar surface area (TPSA) is 95.7 Å². The summed E-state index contributed by atoms with van der Waals surface area (Å²) < 4.78 is 17.0. The summed E-state index contributed by atoms with van der Waals surface area (Å²) in [6, 6.07) is 13.2. The first-order chi connectivity index (χ1) is 14.8. The van der Waals surface area contributed by atoms with Crippen molar-refractivity contribution in [2.24, 2.45) is 0 Å². The monoisotopic (exact) mass is 487 g/mol. The molecule has 31 heavy (non-hydrogen) atoms. The highest BCUT2D eigenvalue weighted by molar-refractivity contribution is 9.10. The highest BCUT2D eigenvalue weighted by atomic mass is 79.9. The lowest BCUT2D eigenvalue weighted by atomic mass is 10.0. The van der Waals surface area contributed by atoms with Crippen LogP contribution in [0.2, 0.25) is 0 Å². The Kier molecular flexibility index (Phi) is 5.77. The van der Waals surface area contributed by atoms with E-state index in [4.69, 9.17) is 0 Å². The number of halogens is 2. The first-order valence-corrected chi connectivity index (χ1v) is 10.4. The van der Waals surface area contributed by atoms with E-state index in [2.05, 4.69) is 20.9 Å². The fraction of sp³-hybridized carbons (Fsp3) is 0.227.